The average Bonchev–Trinajstić information content (AvgIpc) is 2.59. The third-order valence-corrected chi connectivity index (χ3v) is 2.58. The molecule has 14 heavy (non-hydrogen) atoms. The van der Waals surface area contributed by atoms with Gasteiger partial charge in [-0.15, -0.1) is 0 Å². The molecule has 2 N–H and O–H groups in total. The standard InChI is InChI=1S/C11H13NO2/c1-2-7-6-9-8(11(12)13)4-3-5-10(9)14-7/h3-5,7H,2,6H2,1H3,(H2,12,13). The molecular formula is C11H13NO2. The number of primary amides is 1. The molecule has 3 nitrogen and oxygen atoms in total. The van der Waals surface area contributed by atoms with Gasteiger partial charge in [0.15, 0.2) is 0 Å². The number of rotatable bonds is 2. The molecule has 0 fully saturated rings. The number of benzene rings is 1. The van der Waals surface area contributed by atoms with E-state index in [4.69, 9.17) is 10.5 Å². The maximum absolute atomic E-state index is 11.1. The van der Waals surface area contributed by atoms with E-state index in [9.17, 15) is 4.79 Å². The van der Waals surface area contributed by atoms with Gasteiger partial charge in [0.05, 0.1) is 0 Å². The molecule has 1 amide bonds. The van der Waals surface area contributed by atoms with E-state index in [1.165, 1.54) is 0 Å². The highest BCUT2D eigenvalue weighted by Gasteiger charge is 2.25. The molecular weight excluding hydrogens is 178 g/mol. The maximum atomic E-state index is 11.1. The minimum atomic E-state index is -0.373. The maximum Gasteiger partial charge on any atom is 0.249 e. The van der Waals surface area contributed by atoms with Gasteiger partial charge in [-0.2, -0.15) is 0 Å². The Labute approximate surface area is 82.9 Å². The Morgan fingerprint density at radius 3 is 3.07 bits per heavy atom. The molecule has 0 saturated carbocycles. The van der Waals surface area contributed by atoms with Crippen molar-refractivity contribution in [3.05, 3.63) is 29.3 Å². The summed E-state index contributed by atoms with van der Waals surface area (Å²) >= 11 is 0. The van der Waals surface area contributed by atoms with Crippen LogP contribution in [0.5, 0.6) is 5.75 Å². The normalized spacial score (nSPS) is 18.8. The van der Waals surface area contributed by atoms with Crippen LogP contribution < -0.4 is 10.5 Å². The first-order chi connectivity index (χ1) is 6.72. The number of ether oxygens (including phenoxy) is 1. The summed E-state index contributed by atoms with van der Waals surface area (Å²) in [5, 5.41) is 0. The summed E-state index contributed by atoms with van der Waals surface area (Å²) < 4.78 is 5.64. The van der Waals surface area contributed by atoms with Crippen LogP contribution in [-0.2, 0) is 6.42 Å². The second kappa shape index (κ2) is 3.33. The molecule has 1 atom stereocenters. The van der Waals surface area contributed by atoms with Crippen LogP contribution in [-0.4, -0.2) is 12.0 Å². The molecule has 0 bridgehead atoms. The lowest BCUT2D eigenvalue weighted by Crippen LogP contribution is -2.14. The van der Waals surface area contributed by atoms with Crippen molar-refractivity contribution in [3.63, 3.8) is 0 Å². The third-order valence-electron chi connectivity index (χ3n) is 2.58. The first kappa shape index (κ1) is 9.06. The second-order valence-corrected chi connectivity index (χ2v) is 3.50. The summed E-state index contributed by atoms with van der Waals surface area (Å²) in [5.41, 5.74) is 6.84. The van der Waals surface area contributed by atoms with Crippen molar-refractivity contribution in [2.24, 2.45) is 5.73 Å². The Bertz CT molecular complexity index is 374. The van der Waals surface area contributed by atoms with Crippen LogP contribution in [0.1, 0.15) is 29.3 Å². The minimum absolute atomic E-state index is 0.200. The molecule has 1 heterocycles. The highest BCUT2D eigenvalue weighted by atomic mass is 16.5. The van der Waals surface area contributed by atoms with Gasteiger partial charge in [0.1, 0.15) is 11.9 Å². The Balaban J connectivity index is 2.41. The monoisotopic (exact) mass is 191 g/mol. The fraction of sp³-hybridized carbons (Fsp3) is 0.364. The van der Waals surface area contributed by atoms with Gasteiger partial charge in [0.25, 0.3) is 0 Å². The number of carbonyl (C=O) groups excluding carboxylic acids is 1. The molecule has 74 valence electrons. The van der Waals surface area contributed by atoms with E-state index in [-0.39, 0.29) is 12.0 Å². The van der Waals surface area contributed by atoms with Crippen molar-refractivity contribution < 1.29 is 9.53 Å². The van der Waals surface area contributed by atoms with E-state index in [0.29, 0.717) is 5.56 Å². The summed E-state index contributed by atoms with van der Waals surface area (Å²) in [7, 11) is 0. The van der Waals surface area contributed by atoms with Crippen LogP contribution in [0, 0.1) is 0 Å². The van der Waals surface area contributed by atoms with Crippen LogP contribution in [0.25, 0.3) is 0 Å². The second-order valence-electron chi connectivity index (χ2n) is 3.50. The van der Waals surface area contributed by atoms with Gasteiger partial charge in [0, 0.05) is 17.5 Å². The van der Waals surface area contributed by atoms with E-state index in [0.717, 1.165) is 24.2 Å². The van der Waals surface area contributed by atoms with Crippen LogP contribution in [0.3, 0.4) is 0 Å². The summed E-state index contributed by atoms with van der Waals surface area (Å²) in [6, 6.07) is 5.44. The Morgan fingerprint density at radius 2 is 2.43 bits per heavy atom. The van der Waals surface area contributed by atoms with Crippen LogP contribution in [0.2, 0.25) is 0 Å². The molecule has 0 radical (unpaired) electrons. The van der Waals surface area contributed by atoms with Crippen molar-refractivity contribution in [2.45, 2.75) is 25.9 Å². The lowest BCUT2D eigenvalue weighted by Gasteiger charge is -2.05. The van der Waals surface area contributed by atoms with Gasteiger partial charge < -0.3 is 10.5 Å². The summed E-state index contributed by atoms with van der Waals surface area (Å²) in [6.45, 7) is 2.07. The Morgan fingerprint density at radius 1 is 1.64 bits per heavy atom. The molecule has 1 aromatic rings. The number of fused-ring (bicyclic) bond motifs is 1. The average molecular weight is 191 g/mol. The predicted molar refractivity (Wildman–Crippen MR) is 53.4 cm³/mol. The lowest BCUT2D eigenvalue weighted by molar-refractivity contribution is 0.0999. The number of hydrogen-bond donors (Lipinski definition) is 1. The molecule has 0 aliphatic carbocycles. The number of nitrogens with two attached hydrogens (primary N) is 1. The Hall–Kier alpha value is -1.51. The molecule has 3 heteroatoms. The van der Waals surface area contributed by atoms with Gasteiger partial charge in [-0.25, -0.2) is 0 Å². The zero-order chi connectivity index (χ0) is 10.1. The molecule has 0 spiro atoms. The first-order valence-electron chi connectivity index (χ1n) is 4.80. The topological polar surface area (TPSA) is 52.3 Å². The van der Waals surface area contributed by atoms with Gasteiger partial charge in [0.2, 0.25) is 5.91 Å². The van der Waals surface area contributed by atoms with Gasteiger partial charge in [-0.3, -0.25) is 4.79 Å². The molecule has 0 aromatic heterocycles. The van der Waals surface area contributed by atoms with Crippen LogP contribution in [0.4, 0.5) is 0 Å². The zero-order valence-corrected chi connectivity index (χ0v) is 8.12. The largest absolute Gasteiger partial charge is 0.490 e. The van der Waals surface area contributed by atoms with Crippen molar-refractivity contribution in [3.8, 4) is 5.75 Å². The molecule has 1 aliphatic heterocycles. The van der Waals surface area contributed by atoms with E-state index >= 15 is 0 Å². The third kappa shape index (κ3) is 1.35. The predicted octanol–water partition coefficient (Wildman–Crippen LogP) is 1.50. The number of hydrogen-bond acceptors (Lipinski definition) is 2. The quantitative estimate of drug-likeness (QED) is 0.770. The van der Waals surface area contributed by atoms with Crippen LogP contribution in [0.15, 0.2) is 18.2 Å². The van der Waals surface area contributed by atoms with E-state index < -0.39 is 0 Å². The Kier molecular flexibility index (Phi) is 2.15. The number of carbonyl (C=O) groups is 1. The van der Waals surface area contributed by atoms with E-state index in [1.54, 1.807) is 12.1 Å². The van der Waals surface area contributed by atoms with Gasteiger partial charge in [-0.1, -0.05) is 13.0 Å². The van der Waals surface area contributed by atoms with Crippen molar-refractivity contribution in [1.82, 2.24) is 0 Å². The SMILES string of the molecule is CCC1Cc2c(cccc2C(N)=O)O1. The fourth-order valence-corrected chi connectivity index (χ4v) is 1.79. The van der Waals surface area contributed by atoms with Crippen molar-refractivity contribution in [2.75, 3.05) is 0 Å². The molecule has 2 rings (SSSR count). The lowest BCUT2D eigenvalue weighted by atomic mass is 10.0. The summed E-state index contributed by atoms with van der Waals surface area (Å²) in [5.74, 6) is 0.440. The number of amides is 1. The summed E-state index contributed by atoms with van der Waals surface area (Å²) in [4.78, 5) is 11.1. The fourth-order valence-electron chi connectivity index (χ4n) is 1.79. The summed E-state index contributed by atoms with van der Waals surface area (Å²) in [6.07, 6.45) is 1.95. The molecule has 1 aliphatic rings. The van der Waals surface area contributed by atoms with Gasteiger partial charge >= 0.3 is 0 Å². The molecule has 1 aromatic carbocycles. The molecule has 0 saturated heterocycles. The van der Waals surface area contributed by atoms with Crippen molar-refractivity contribution in [1.29, 1.82) is 0 Å². The van der Waals surface area contributed by atoms with Crippen LogP contribution >= 0.6 is 0 Å². The smallest absolute Gasteiger partial charge is 0.249 e. The minimum Gasteiger partial charge on any atom is -0.490 e. The van der Waals surface area contributed by atoms with E-state index in [2.05, 4.69) is 6.92 Å². The first-order valence-corrected chi connectivity index (χ1v) is 4.80. The highest BCUT2D eigenvalue weighted by Crippen LogP contribution is 2.32. The van der Waals surface area contributed by atoms with Crippen molar-refractivity contribution >= 4 is 5.91 Å². The van der Waals surface area contributed by atoms with E-state index in [1.807, 2.05) is 6.07 Å². The zero-order valence-electron chi connectivity index (χ0n) is 8.12. The molecule has 1 unspecified atom stereocenters. The van der Waals surface area contributed by atoms with Gasteiger partial charge in [-0.05, 0) is 18.6 Å². The highest BCUT2D eigenvalue weighted by molar-refractivity contribution is 5.95.